The number of para-hydroxylation sites is 1. The number of H-pyrrole nitrogens is 1. The van der Waals surface area contributed by atoms with Crippen LogP contribution in [0, 0.1) is 6.92 Å². The summed E-state index contributed by atoms with van der Waals surface area (Å²) in [6.07, 6.45) is 0.967. The molecule has 0 radical (unpaired) electrons. The fourth-order valence-electron chi connectivity index (χ4n) is 4.37. The average molecular weight is 462 g/mol. The van der Waals surface area contributed by atoms with Gasteiger partial charge in [-0.1, -0.05) is 30.3 Å². The highest BCUT2D eigenvalue weighted by molar-refractivity contribution is 7.18. The molecule has 33 heavy (non-hydrogen) atoms. The van der Waals surface area contributed by atoms with Gasteiger partial charge in [-0.15, -0.1) is 11.3 Å². The van der Waals surface area contributed by atoms with E-state index >= 15 is 0 Å². The number of thiazole rings is 1. The predicted molar refractivity (Wildman–Crippen MR) is 132 cm³/mol. The van der Waals surface area contributed by atoms with Crippen molar-refractivity contribution >= 4 is 28.1 Å². The molecule has 0 bridgehead atoms. The lowest BCUT2D eigenvalue weighted by molar-refractivity contribution is 0.0779. The summed E-state index contributed by atoms with van der Waals surface area (Å²) < 4.78 is 5.43. The number of carbonyl (C=O) groups is 1. The van der Waals surface area contributed by atoms with Gasteiger partial charge in [-0.05, 0) is 50.7 Å². The number of ether oxygens (including phenoxy) is 1. The van der Waals surface area contributed by atoms with Gasteiger partial charge in [0.25, 0.3) is 5.91 Å². The number of aromatic amines is 1. The monoisotopic (exact) mass is 461 g/mol. The first-order chi connectivity index (χ1) is 16.0. The lowest BCUT2D eigenvalue weighted by atomic mass is 10.1. The SMILES string of the molecule is COc1cccc(-c2sc(-c3[nH]nc4c(C)cccc34)nc2C(=O)N2CCC(N(C)C)C2)c1. The van der Waals surface area contributed by atoms with Crippen LogP contribution in [-0.4, -0.2) is 71.2 Å². The number of likely N-dealkylation sites (tertiary alicyclic amines) is 1. The van der Waals surface area contributed by atoms with E-state index in [2.05, 4.69) is 29.2 Å². The first kappa shape index (κ1) is 21.6. The maximum atomic E-state index is 13.7. The molecule has 5 rings (SSSR count). The number of nitrogens with one attached hydrogen (secondary N) is 1. The zero-order chi connectivity index (χ0) is 23.1. The molecule has 0 saturated carbocycles. The zero-order valence-corrected chi connectivity index (χ0v) is 20.1. The van der Waals surface area contributed by atoms with Gasteiger partial charge in [0, 0.05) is 24.5 Å². The lowest BCUT2D eigenvalue weighted by Gasteiger charge is -2.20. The van der Waals surface area contributed by atoms with Crippen molar-refractivity contribution in [1.29, 1.82) is 0 Å². The summed E-state index contributed by atoms with van der Waals surface area (Å²) in [7, 11) is 5.77. The quantitative estimate of drug-likeness (QED) is 0.475. The molecule has 1 amide bonds. The standard InChI is InChI=1S/C25H27N5O2S/c1-15-7-5-10-19-20(15)27-28-21(19)24-26-22(25(31)30-12-11-17(14-30)29(2)3)23(33-24)16-8-6-9-18(13-16)32-4/h5-10,13,17H,11-12,14H2,1-4H3,(H,27,28). The van der Waals surface area contributed by atoms with E-state index < -0.39 is 0 Å². The number of likely N-dealkylation sites (N-methyl/N-ethyl adjacent to an activating group) is 1. The largest absolute Gasteiger partial charge is 0.497 e. The number of benzene rings is 2. The number of aromatic nitrogens is 3. The van der Waals surface area contributed by atoms with E-state index in [0.29, 0.717) is 18.3 Å². The van der Waals surface area contributed by atoms with E-state index in [0.717, 1.165) is 56.3 Å². The second kappa shape index (κ2) is 8.61. The number of hydrogen-bond donors (Lipinski definition) is 1. The fraction of sp³-hybridized carbons (Fsp3) is 0.320. The molecule has 1 N–H and O–H groups in total. The first-order valence-electron chi connectivity index (χ1n) is 11.0. The summed E-state index contributed by atoms with van der Waals surface area (Å²) in [6.45, 7) is 3.49. The van der Waals surface area contributed by atoms with Gasteiger partial charge in [-0.25, -0.2) is 4.98 Å². The summed E-state index contributed by atoms with van der Waals surface area (Å²) in [6, 6.07) is 14.3. The van der Waals surface area contributed by atoms with Crippen LogP contribution in [-0.2, 0) is 0 Å². The maximum absolute atomic E-state index is 13.7. The van der Waals surface area contributed by atoms with E-state index in [9.17, 15) is 4.79 Å². The van der Waals surface area contributed by atoms with Crippen LogP contribution in [0.3, 0.4) is 0 Å². The Morgan fingerprint density at radius 2 is 2.06 bits per heavy atom. The van der Waals surface area contributed by atoms with Crippen LogP contribution in [0.2, 0.25) is 0 Å². The number of nitrogens with zero attached hydrogens (tertiary/aromatic N) is 4. The minimum atomic E-state index is -0.0281. The second-order valence-corrected chi connectivity index (χ2v) is 9.65. The maximum Gasteiger partial charge on any atom is 0.274 e. The van der Waals surface area contributed by atoms with Crippen molar-refractivity contribution in [1.82, 2.24) is 25.0 Å². The number of hydrogen-bond acceptors (Lipinski definition) is 6. The Morgan fingerprint density at radius 1 is 1.24 bits per heavy atom. The number of aryl methyl sites for hydroxylation is 1. The van der Waals surface area contributed by atoms with Crippen molar-refractivity contribution in [3.8, 4) is 26.9 Å². The Bertz CT molecular complexity index is 1330. The smallest absolute Gasteiger partial charge is 0.274 e. The molecule has 1 fully saturated rings. The Hall–Kier alpha value is -3.23. The van der Waals surface area contributed by atoms with Gasteiger partial charge in [0.15, 0.2) is 0 Å². The van der Waals surface area contributed by atoms with Crippen molar-refractivity contribution in [3.05, 3.63) is 53.7 Å². The van der Waals surface area contributed by atoms with Crippen molar-refractivity contribution in [3.63, 3.8) is 0 Å². The molecule has 2 aromatic heterocycles. The molecule has 1 unspecified atom stereocenters. The molecule has 0 aliphatic carbocycles. The first-order valence-corrected chi connectivity index (χ1v) is 11.8. The fourth-order valence-corrected chi connectivity index (χ4v) is 5.44. The van der Waals surface area contributed by atoms with Gasteiger partial charge < -0.3 is 14.5 Å². The van der Waals surface area contributed by atoms with E-state index in [1.165, 1.54) is 11.3 Å². The summed E-state index contributed by atoms with van der Waals surface area (Å²) >= 11 is 1.51. The second-order valence-electron chi connectivity index (χ2n) is 8.66. The third-order valence-corrected chi connectivity index (χ3v) is 7.46. The van der Waals surface area contributed by atoms with Crippen molar-refractivity contribution < 1.29 is 9.53 Å². The Balaban J connectivity index is 1.61. The topological polar surface area (TPSA) is 74.3 Å². The van der Waals surface area contributed by atoms with Crippen molar-refractivity contribution in [2.24, 2.45) is 0 Å². The minimum Gasteiger partial charge on any atom is -0.497 e. The number of rotatable bonds is 5. The summed E-state index contributed by atoms with van der Waals surface area (Å²) in [5, 5.41) is 9.43. The van der Waals surface area contributed by atoms with Gasteiger partial charge in [-0.3, -0.25) is 9.89 Å². The molecule has 170 valence electrons. The number of amides is 1. The Kier molecular flexibility index (Phi) is 5.64. The molecule has 0 spiro atoms. The molecule has 2 aromatic carbocycles. The number of methoxy groups -OCH3 is 1. The third-order valence-electron chi connectivity index (χ3n) is 6.34. The average Bonchev–Trinajstić information content (AvgIpc) is 3.56. The normalized spacial score (nSPS) is 16.2. The number of fused-ring (bicyclic) bond motifs is 1. The van der Waals surface area contributed by atoms with Crippen LogP contribution >= 0.6 is 11.3 Å². The summed E-state index contributed by atoms with van der Waals surface area (Å²) in [4.78, 5) is 23.5. The highest BCUT2D eigenvalue weighted by Crippen LogP contribution is 2.39. The van der Waals surface area contributed by atoms with E-state index in [4.69, 9.17) is 9.72 Å². The van der Waals surface area contributed by atoms with E-state index in [1.54, 1.807) is 7.11 Å². The van der Waals surface area contributed by atoms with Crippen LogP contribution in [0.4, 0.5) is 0 Å². The molecule has 1 aliphatic rings. The molecular weight excluding hydrogens is 434 g/mol. The Labute approximate surface area is 197 Å². The van der Waals surface area contributed by atoms with Crippen molar-refractivity contribution in [2.75, 3.05) is 34.3 Å². The molecular formula is C25H27N5O2S. The molecule has 8 heteroatoms. The summed E-state index contributed by atoms with van der Waals surface area (Å²) in [5.74, 6) is 0.719. The van der Waals surface area contributed by atoms with Crippen LogP contribution < -0.4 is 4.74 Å². The minimum absolute atomic E-state index is 0.0281. The van der Waals surface area contributed by atoms with E-state index in [1.807, 2.05) is 54.3 Å². The van der Waals surface area contributed by atoms with E-state index in [-0.39, 0.29) is 5.91 Å². The van der Waals surface area contributed by atoms with Gasteiger partial charge in [0.1, 0.15) is 22.1 Å². The third kappa shape index (κ3) is 3.89. The highest BCUT2D eigenvalue weighted by Gasteiger charge is 2.32. The lowest BCUT2D eigenvalue weighted by Crippen LogP contribution is -2.34. The number of carbonyl (C=O) groups excluding carboxylic acids is 1. The van der Waals surface area contributed by atoms with Crippen molar-refractivity contribution in [2.45, 2.75) is 19.4 Å². The molecule has 4 aromatic rings. The molecule has 1 saturated heterocycles. The van der Waals surface area contributed by atoms with Gasteiger partial charge >= 0.3 is 0 Å². The van der Waals surface area contributed by atoms with Gasteiger partial charge in [0.05, 0.1) is 17.5 Å². The zero-order valence-electron chi connectivity index (χ0n) is 19.3. The molecule has 1 aliphatic heterocycles. The van der Waals surface area contributed by atoms with Gasteiger partial charge in [-0.2, -0.15) is 5.10 Å². The molecule has 7 nitrogen and oxygen atoms in total. The van der Waals surface area contributed by atoms with Gasteiger partial charge in [0.2, 0.25) is 0 Å². The van der Waals surface area contributed by atoms with Crippen LogP contribution in [0.1, 0.15) is 22.5 Å². The highest BCUT2D eigenvalue weighted by atomic mass is 32.1. The van der Waals surface area contributed by atoms with Crippen LogP contribution in [0.25, 0.3) is 32.0 Å². The molecule has 1 atom stereocenters. The predicted octanol–water partition coefficient (Wildman–Crippen LogP) is 4.45. The molecule has 3 heterocycles. The summed E-state index contributed by atoms with van der Waals surface area (Å²) in [5.41, 5.74) is 4.27. The van der Waals surface area contributed by atoms with Crippen LogP contribution in [0.5, 0.6) is 5.75 Å². The Morgan fingerprint density at radius 3 is 2.82 bits per heavy atom. The van der Waals surface area contributed by atoms with Crippen LogP contribution in [0.15, 0.2) is 42.5 Å².